The monoisotopic (exact) mass is 313 g/mol. The molecule has 0 atom stereocenters. The third kappa shape index (κ3) is 3.88. The van der Waals surface area contributed by atoms with Crippen LogP contribution in [0.15, 0.2) is 54.7 Å². The lowest BCUT2D eigenvalue weighted by atomic mass is 10.1. The van der Waals surface area contributed by atoms with Gasteiger partial charge in [0.1, 0.15) is 24.8 Å². The first-order valence-electron chi connectivity index (χ1n) is 7.31. The van der Waals surface area contributed by atoms with Crippen molar-refractivity contribution in [2.45, 2.75) is 6.42 Å². The fourth-order valence-corrected chi connectivity index (χ4v) is 2.33. The van der Waals surface area contributed by atoms with Crippen molar-refractivity contribution in [2.75, 3.05) is 13.2 Å². The summed E-state index contributed by atoms with van der Waals surface area (Å²) in [6.07, 6.45) is 2.03. The predicted octanol–water partition coefficient (Wildman–Crippen LogP) is 3.47. The van der Waals surface area contributed by atoms with Crippen LogP contribution in [0, 0.1) is 5.82 Å². The molecule has 1 heterocycles. The van der Waals surface area contributed by atoms with Gasteiger partial charge in [0.25, 0.3) is 0 Å². The Labute approximate surface area is 132 Å². The van der Waals surface area contributed by atoms with Crippen LogP contribution < -0.4 is 4.74 Å². The summed E-state index contributed by atoms with van der Waals surface area (Å²) in [6.45, 7) is 0.379. The highest BCUT2D eigenvalue weighted by molar-refractivity contribution is 5.87. The van der Waals surface area contributed by atoms with Crippen molar-refractivity contribution in [3.05, 3.63) is 66.1 Å². The first-order chi connectivity index (χ1) is 11.2. The van der Waals surface area contributed by atoms with Crippen molar-refractivity contribution < 1.29 is 18.7 Å². The van der Waals surface area contributed by atoms with Crippen LogP contribution in [0.1, 0.15) is 5.56 Å². The third-order valence-corrected chi connectivity index (χ3v) is 3.44. The van der Waals surface area contributed by atoms with E-state index in [1.165, 1.54) is 24.3 Å². The molecule has 0 aliphatic carbocycles. The molecule has 1 aromatic heterocycles. The molecule has 2 aromatic carbocycles. The molecule has 4 nitrogen and oxygen atoms in total. The van der Waals surface area contributed by atoms with Crippen LogP contribution in [0.25, 0.3) is 10.9 Å². The topological polar surface area (TPSA) is 51.3 Å². The third-order valence-electron chi connectivity index (χ3n) is 3.44. The number of carbonyl (C=O) groups is 1. The molecule has 0 aliphatic rings. The van der Waals surface area contributed by atoms with Gasteiger partial charge in [-0.05, 0) is 35.9 Å². The minimum absolute atomic E-state index is 0.151. The number of fused-ring (bicyclic) bond motifs is 1. The van der Waals surface area contributed by atoms with Gasteiger partial charge in [-0.3, -0.25) is 4.79 Å². The van der Waals surface area contributed by atoms with Crippen LogP contribution in [0.3, 0.4) is 0 Å². The lowest BCUT2D eigenvalue weighted by Gasteiger charge is -2.07. The lowest BCUT2D eigenvalue weighted by Crippen LogP contribution is -2.13. The summed E-state index contributed by atoms with van der Waals surface area (Å²) in [5.41, 5.74) is 1.90. The second-order valence-corrected chi connectivity index (χ2v) is 5.06. The summed E-state index contributed by atoms with van der Waals surface area (Å²) in [4.78, 5) is 15.0. The van der Waals surface area contributed by atoms with E-state index >= 15 is 0 Å². The van der Waals surface area contributed by atoms with Gasteiger partial charge in [0.2, 0.25) is 0 Å². The molecular weight excluding hydrogens is 297 g/mol. The number of ether oxygens (including phenoxy) is 2. The zero-order valence-corrected chi connectivity index (χ0v) is 12.4. The van der Waals surface area contributed by atoms with E-state index in [-0.39, 0.29) is 31.4 Å². The molecule has 118 valence electrons. The van der Waals surface area contributed by atoms with Gasteiger partial charge in [-0.2, -0.15) is 0 Å². The quantitative estimate of drug-likeness (QED) is 0.560. The molecule has 0 spiro atoms. The minimum atomic E-state index is -0.317. The number of rotatable bonds is 6. The van der Waals surface area contributed by atoms with Gasteiger partial charge in [0, 0.05) is 17.1 Å². The SMILES string of the molecule is O=C(Cc1c[nH]c2ccccc12)OCCOc1ccc(F)cc1. The summed E-state index contributed by atoms with van der Waals surface area (Å²) in [5.74, 6) is -0.0842. The van der Waals surface area contributed by atoms with Gasteiger partial charge < -0.3 is 14.5 Å². The van der Waals surface area contributed by atoms with E-state index in [0.29, 0.717) is 5.75 Å². The second-order valence-electron chi connectivity index (χ2n) is 5.06. The van der Waals surface area contributed by atoms with E-state index in [0.717, 1.165) is 16.5 Å². The normalized spacial score (nSPS) is 10.7. The molecule has 0 aliphatic heterocycles. The highest BCUT2D eigenvalue weighted by atomic mass is 19.1. The number of carbonyl (C=O) groups excluding carboxylic acids is 1. The van der Waals surface area contributed by atoms with Crippen molar-refractivity contribution in [1.29, 1.82) is 0 Å². The van der Waals surface area contributed by atoms with Gasteiger partial charge in [0.15, 0.2) is 0 Å². The molecule has 0 radical (unpaired) electrons. The Morgan fingerprint density at radius 2 is 1.83 bits per heavy atom. The molecule has 0 saturated heterocycles. The largest absolute Gasteiger partial charge is 0.490 e. The molecule has 0 fully saturated rings. The van der Waals surface area contributed by atoms with Gasteiger partial charge in [0.05, 0.1) is 6.42 Å². The van der Waals surface area contributed by atoms with Crippen LogP contribution in [-0.2, 0) is 16.0 Å². The molecule has 0 amide bonds. The van der Waals surface area contributed by atoms with Crippen LogP contribution in [0.4, 0.5) is 4.39 Å². The van der Waals surface area contributed by atoms with Crippen LogP contribution >= 0.6 is 0 Å². The maximum absolute atomic E-state index is 12.7. The van der Waals surface area contributed by atoms with E-state index in [9.17, 15) is 9.18 Å². The number of para-hydroxylation sites is 1. The van der Waals surface area contributed by atoms with Gasteiger partial charge >= 0.3 is 5.97 Å². The fourth-order valence-electron chi connectivity index (χ4n) is 2.33. The maximum atomic E-state index is 12.7. The highest BCUT2D eigenvalue weighted by Crippen LogP contribution is 2.18. The Balaban J connectivity index is 1.45. The molecule has 5 heteroatoms. The number of hydrogen-bond donors (Lipinski definition) is 1. The average molecular weight is 313 g/mol. The fraction of sp³-hybridized carbons (Fsp3) is 0.167. The molecular formula is C18H16FNO3. The Morgan fingerprint density at radius 3 is 2.65 bits per heavy atom. The second kappa shape index (κ2) is 6.96. The van der Waals surface area contributed by atoms with Crippen molar-refractivity contribution in [1.82, 2.24) is 4.98 Å². The summed E-state index contributed by atoms with van der Waals surface area (Å²) < 4.78 is 23.3. The van der Waals surface area contributed by atoms with Gasteiger partial charge in [-0.1, -0.05) is 18.2 Å². The van der Waals surface area contributed by atoms with Crippen LogP contribution in [-0.4, -0.2) is 24.2 Å². The van der Waals surface area contributed by atoms with E-state index in [2.05, 4.69) is 4.98 Å². The smallest absolute Gasteiger partial charge is 0.310 e. The Bertz CT molecular complexity index is 795. The van der Waals surface area contributed by atoms with Crippen molar-refractivity contribution in [3.8, 4) is 5.75 Å². The van der Waals surface area contributed by atoms with Gasteiger partial charge in [-0.15, -0.1) is 0 Å². The number of halogens is 1. The number of H-pyrrole nitrogens is 1. The molecule has 23 heavy (non-hydrogen) atoms. The summed E-state index contributed by atoms with van der Waals surface area (Å²) in [6, 6.07) is 13.5. The van der Waals surface area contributed by atoms with E-state index in [1.807, 2.05) is 30.5 Å². The molecule has 1 N–H and O–H groups in total. The number of aromatic amines is 1. The highest BCUT2D eigenvalue weighted by Gasteiger charge is 2.09. The summed E-state index contributed by atoms with van der Waals surface area (Å²) in [7, 11) is 0. The first-order valence-corrected chi connectivity index (χ1v) is 7.31. The number of hydrogen-bond acceptors (Lipinski definition) is 3. The van der Waals surface area contributed by atoms with E-state index in [1.54, 1.807) is 0 Å². The summed E-state index contributed by atoms with van der Waals surface area (Å²) >= 11 is 0. The number of esters is 1. The van der Waals surface area contributed by atoms with Crippen molar-refractivity contribution in [2.24, 2.45) is 0 Å². The standard InChI is InChI=1S/C18H16FNO3/c19-14-5-7-15(8-6-14)22-9-10-23-18(21)11-13-12-20-17-4-2-1-3-16(13)17/h1-8,12,20H,9-11H2. The van der Waals surface area contributed by atoms with Crippen LogP contribution in [0.5, 0.6) is 5.75 Å². The Hall–Kier alpha value is -2.82. The predicted molar refractivity (Wildman–Crippen MR) is 84.9 cm³/mol. The van der Waals surface area contributed by atoms with E-state index in [4.69, 9.17) is 9.47 Å². The Kier molecular flexibility index (Phi) is 4.57. The maximum Gasteiger partial charge on any atom is 0.310 e. The van der Waals surface area contributed by atoms with Crippen LogP contribution in [0.2, 0.25) is 0 Å². The Morgan fingerprint density at radius 1 is 1.04 bits per heavy atom. The van der Waals surface area contributed by atoms with Crippen molar-refractivity contribution in [3.63, 3.8) is 0 Å². The number of nitrogens with one attached hydrogen (secondary N) is 1. The van der Waals surface area contributed by atoms with Gasteiger partial charge in [-0.25, -0.2) is 4.39 Å². The average Bonchev–Trinajstić information content (AvgIpc) is 2.96. The summed E-state index contributed by atoms with van der Waals surface area (Å²) in [5, 5.41) is 1.02. The molecule has 0 saturated carbocycles. The number of benzene rings is 2. The molecule has 0 unspecified atom stereocenters. The zero-order chi connectivity index (χ0) is 16.1. The lowest BCUT2D eigenvalue weighted by molar-refractivity contribution is -0.143. The number of aromatic nitrogens is 1. The minimum Gasteiger partial charge on any atom is -0.490 e. The van der Waals surface area contributed by atoms with Crippen molar-refractivity contribution >= 4 is 16.9 Å². The molecule has 3 aromatic rings. The van der Waals surface area contributed by atoms with E-state index < -0.39 is 0 Å². The molecule has 0 bridgehead atoms. The molecule has 3 rings (SSSR count). The first kappa shape index (κ1) is 15.1. The zero-order valence-electron chi connectivity index (χ0n) is 12.4.